The molecule has 0 saturated carbocycles. The molecule has 118 valence electrons. The van der Waals surface area contributed by atoms with E-state index in [1.165, 1.54) is 0 Å². The van der Waals surface area contributed by atoms with E-state index >= 15 is 0 Å². The Kier molecular flexibility index (Phi) is 4.97. The lowest BCUT2D eigenvalue weighted by Gasteiger charge is -2.31. The standard InChI is InChI=1S/C15H21N5O2/c1-19-15(16-17-18-19)14-12-20(9-11-22-14)8-5-10-21-13-6-3-2-4-7-13/h2-4,6-7,14H,5,8-12H2,1H3. The smallest absolute Gasteiger partial charge is 0.181 e. The van der Waals surface area contributed by atoms with Crippen molar-refractivity contribution < 1.29 is 9.47 Å². The molecule has 1 aliphatic heterocycles. The quantitative estimate of drug-likeness (QED) is 0.743. The molecule has 7 heteroatoms. The second kappa shape index (κ2) is 7.33. The maximum absolute atomic E-state index is 5.77. The summed E-state index contributed by atoms with van der Waals surface area (Å²) in [4.78, 5) is 2.37. The van der Waals surface area contributed by atoms with Crippen molar-refractivity contribution in [1.82, 2.24) is 25.1 Å². The van der Waals surface area contributed by atoms with Crippen LogP contribution in [0.1, 0.15) is 18.3 Å². The summed E-state index contributed by atoms with van der Waals surface area (Å²) in [6, 6.07) is 9.91. The van der Waals surface area contributed by atoms with Gasteiger partial charge in [-0.15, -0.1) is 5.10 Å². The Labute approximate surface area is 129 Å². The second-order valence-electron chi connectivity index (χ2n) is 5.34. The van der Waals surface area contributed by atoms with Crippen LogP contribution >= 0.6 is 0 Å². The van der Waals surface area contributed by atoms with E-state index in [2.05, 4.69) is 20.4 Å². The van der Waals surface area contributed by atoms with Crippen LogP contribution in [-0.4, -0.2) is 58.0 Å². The van der Waals surface area contributed by atoms with E-state index in [1.54, 1.807) is 4.68 Å². The lowest BCUT2D eigenvalue weighted by molar-refractivity contribution is -0.0369. The first-order valence-corrected chi connectivity index (χ1v) is 7.57. The van der Waals surface area contributed by atoms with Crippen LogP contribution in [0.3, 0.4) is 0 Å². The Morgan fingerprint density at radius 3 is 2.95 bits per heavy atom. The summed E-state index contributed by atoms with van der Waals surface area (Å²) in [5.41, 5.74) is 0. The molecule has 1 atom stereocenters. The van der Waals surface area contributed by atoms with Crippen LogP contribution in [0.2, 0.25) is 0 Å². The van der Waals surface area contributed by atoms with E-state index in [0.29, 0.717) is 6.61 Å². The van der Waals surface area contributed by atoms with Crippen molar-refractivity contribution in [3.05, 3.63) is 36.2 Å². The summed E-state index contributed by atoms with van der Waals surface area (Å²) in [5.74, 6) is 1.71. The van der Waals surface area contributed by atoms with Crippen LogP contribution < -0.4 is 4.74 Å². The van der Waals surface area contributed by atoms with Gasteiger partial charge < -0.3 is 9.47 Å². The molecule has 0 aliphatic carbocycles. The number of aromatic nitrogens is 4. The van der Waals surface area contributed by atoms with Crippen molar-refractivity contribution in [3.8, 4) is 5.75 Å². The molecular formula is C15H21N5O2. The number of morpholine rings is 1. The lowest BCUT2D eigenvalue weighted by Crippen LogP contribution is -2.40. The van der Waals surface area contributed by atoms with E-state index in [1.807, 2.05) is 37.4 Å². The molecule has 0 radical (unpaired) electrons. The molecule has 3 rings (SSSR count). The average molecular weight is 303 g/mol. The lowest BCUT2D eigenvalue weighted by atomic mass is 10.2. The summed E-state index contributed by atoms with van der Waals surface area (Å²) >= 11 is 0. The fourth-order valence-electron chi connectivity index (χ4n) is 2.57. The van der Waals surface area contributed by atoms with Gasteiger partial charge in [0.1, 0.15) is 11.9 Å². The van der Waals surface area contributed by atoms with E-state index < -0.39 is 0 Å². The molecule has 2 heterocycles. The fourth-order valence-corrected chi connectivity index (χ4v) is 2.57. The van der Waals surface area contributed by atoms with Crippen molar-refractivity contribution in [2.75, 3.05) is 32.8 Å². The zero-order valence-electron chi connectivity index (χ0n) is 12.8. The van der Waals surface area contributed by atoms with Gasteiger partial charge in [0.05, 0.1) is 13.2 Å². The fraction of sp³-hybridized carbons (Fsp3) is 0.533. The predicted octanol–water partition coefficient (Wildman–Crippen LogP) is 1.05. The van der Waals surface area contributed by atoms with Gasteiger partial charge in [-0.3, -0.25) is 4.90 Å². The van der Waals surface area contributed by atoms with Gasteiger partial charge in [0, 0.05) is 26.7 Å². The van der Waals surface area contributed by atoms with Crippen LogP contribution in [0.25, 0.3) is 0 Å². The van der Waals surface area contributed by atoms with Gasteiger partial charge in [0.25, 0.3) is 0 Å². The van der Waals surface area contributed by atoms with Gasteiger partial charge >= 0.3 is 0 Å². The Morgan fingerprint density at radius 2 is 2.18 bits per heavy atom. The number of aryl methyl sites for hydroxylation is 1. The topological polar surface area (TPSA) is 65.3 Å². The highest BCUT2D eigenvalue weighted by Crippen LogP contribution is 2.19. The summed E-state index contributed by atoms with van der Waals surface area (Å²) < 4.78 is 13.2. The second-order valence-corrected chi connectivity index (χ2v) is 5.34. The Hall–Kier alpha value is -1.99. The number of hydrogen-bond donors (Lipinski definition) is 0. The largest absolute Gasteiger partial charge is 0.494 e. The molecule has 1 aromatic heterocycles. The van der Waals surface area contributed by atoms with E-state index in [9.17, 15) is 0 Å². The third-order valence-electron chi connectivity index (χ3n) is 3.72. The number of ether oxygens (including phenoxy) is 2. The monoisotopic (exact) mass is 303 g/mol. The number of rotatable bonds is 6. The molecule has 1 unspecified atom stereocenters. The summed E-state index contributed by atoms with van der Waals surface area (Å²) in [6.07, 6.45) is 0.933. The first-order valence-electron chi connectivity index (χ1n) is 7.57. The zero-order chi connectivity index (χ0) is 15.2. The highest BCUT2D eigenvalue weighted by molar-refractivity contribution is 5.20. The molecule has 22 heavy (non-hydrogen) atoms. The minimum atomic E-state index is -0.0520. The van der Waals surface area contributed by atoms with E-state index in [4.69, 9.17) is 9.47 Å². The van der Waals surface area contributed by atoms with Crippen molar-refractivity contribution in [1.29, 1.82) is 0 Å². The van der Waals surface area contributed by atoms with Crippen molar-refractivity contribution in [3.63, 3.8) is 0 Å². The Morgan fingerprint density at radius 1 is 1.32 bits per heavy atom. The molecule has 2 aromatic rings. The van der Waals surface area contributed by atoms with Gasteiger partial charge in [-0.05, 0) is 29.0 Å². The maximum Gasteiger partial charge on any atom is 0.181 e. The SMILES string of the molecule is Cn1nnnc1C1CN(CCCOc2ccccc2)CCO1. The highest BCUT2D eigenvalue weighted by Gasteiger charge is 2.25. The molecule has 1 aliphatic rings. The third-order valence-corrected chi connectivity index (χ3v) is 3.72. The van der Waals surface area contributed by atoms with Crippen LogP contribution in [0.5, 0.6) is 5.75 Å². The maximum atomic E-state index is 5.77. The Bertz CT molecular complexity index is 574. The van der Waals surface area contributed by atoms with Crippen LogP contribution in [0, 0.1) is 0 Å². The van der Waals surface area contributed by atoms with Gasteiger partial charge in [-0.1, -0.05) is 18.2 Å². The normalized spacial score (nSPS) is 19.2. The molecule has 0 bridgehead atoms. The van der Waals surface area contributed by atoms with Crippen molar-refractivity contribution in [2.45, 2.75) is 12.5 Å². The van der Waals surface area contributed by atoms with Gasteiger partial charge in [-0.25, -0.2) is 4.68 Å². The molecule has 0 spiro atoms. The van der Waals surface area contributed by atoms with Crippen LogP contribution in [-0.2, 0) is 11.8 Å². The van der Waals surface area contributed by atoms with Gasteiger partial charge in [-0.2, -0.15) is 0 Å². The summed E-state index contributed by atoms with van der Waals surface area (Å²) in [5, 5.41) is 11.6. The van der Waals surface area contributed by atoms with Crippen LogP contribution in [0.4, 0.5) is 0 Å². The molecule has 0 N–H and O–H groups in total. The van der Waals surface area contributed by atoms with E-state index in [0.717, 1.165) is 44.2 Å². The minimum Gasteiger partial charge on any atom is -0.494 e. The molecular weight excluding hydrogens is 282 g/mol. The molecule has 1 aromatic carbocycles. The average Bonchev–Trinajstić information content (AvgIpc) is 2.99. The summed E-state index contributed by atoms with van der Waals surface area (Å²) in [7, 11) is 1.84. The number of benzene rings is 1. The van der Waals surface area contributed by atoms with Crippen molar-refractivity contribution >= 4 is 0 Å². The van der Waals surface area contributed by atoms with Crippen molar-refractivity contribution in [2.24, 2.45) is 7.05 Å². The molecule has 1 saturated heterocycles. The highest BCUT2D eigenvalue weighted by atomic mass is 16.5. The van der Waals surface area contributed by atoms with Crippen LogP contribution in [0.15, 0.2) is 30.3 Å². The summed E-state index contributed by atoms with van der Waals surface area (Å²) in [6.45, 7) is 4.17. The number of nitrogens with zero attached hydrogens (tertiary/aromatic N) is 5. The van der Waals surface area contributed by atoms with Gasteiger partial charge in [0.15, 0.2) is 5.82 Å². The predicted molar refractivity (Wildman–Crippen MR) is 80.5 cm³/mol. The number of tetrazole rings is 1. The first-order chi connectivity index (χ1) is 10.8. The zero-order valence-corrected chi connectivity index (χ0v) is 12.8. The minimum absolute atomic E-state index is 0.0520. The molecule has 7 nitrogen and oxygen atoms in total. The Balaban J connectivity index is 1.42. The number of para-hydroxylation sites is 1. The van der Waals surface area contributed by atoms with E-state index in [-0.39, 0.29) is 6.10 Å². The van der Waals surface area contributed by atoms with Gasteiger partial charge in [0.2, 0.25) is 0 Å². The molecule has 1 fully saturated rings. The first kappa shape index (κ1) is 14.9. The third kappa shape index (κ3) is 3.80. The number of hydrogen-bond acceptors (Lipinski definition) is 6. The molecule has 0 amide bonds.